The molecule has 0 aromatic heterocycles. The highest BCUT2D eigenvalue weighted by Crippen LogP contribution is 2.05. The van der Waals surface area contributed by atoms with Crippen LogP contribution in [0, 0.1) is 0 Å². The Hall–Kier alpha value is 0.0800. The Balaban J connectivity index is 2.29. The summed E-state index contributed by atoms with van der Waals surface area (Å²) in [6.07, 6.45) is 0.541. The molecule has 1 saturated heterocycles. The molecule has 0 aliphatic carbocycles. The maximum absolute atomic E-state index is 11.8. The zero-order chi connectivity index (χ0) is 12.7. The second-order valence-corrected chi connectivity index (χ2v) is 6.12. The van der Waals surface area contributed by atoms with Gasteiger partial charge in [0, 0.05) is 26.7 Å². The molecule has 102 valence electrons. The van der Waals surface area contributed by atoms with Gasteiger partial charge in [0.1, 0.15) is 0 Å². The van der Waals surface area contributed by atoms with E-state index >= 15 is 0 Å². The van der Waals surface area contributed by atoms with Gasteiger partial charge >= 0.3 is 0 Å². The monoisotopic (exact) mass is 286 g/mol. The number of alkyl halides is 1. The molecule has 0 bridgehead atoms. The van der Waals surface area contributed by atoms with Crippen LogP contribution in [0.2, 0.25) is 0 Å². The Morgan fingerprint density at radius 3 is 2.71 bits per heavy atom. The summed E-state index contributed by atoms with van der Waals surface area (Å²) in [5.41, 5.74) is 0. The van der Waals surface area contributed by atoms with Crippen LogP contribution < -0.4 is 4.72 Å². The van der Waals surface area contributed by atoms with Gasteiger partial charge in [-0.1, -0.05) is 0 Å². The Kier molecular flexibility index (Phi) is 6.68. The fourth-order valence-corrected chi connectivity index (χ4v) is 2.91. The maximum atomic E-state index is 11.8. The van der Waals surface area contributed by atoms with Crippen LogP contribution in [-0.2, 0) is 19.7 Å². The summed E-state index contributed by atoms with van der Waals surface area (Å²) in [5, 5.41) is -0.174. The molecule has 1 fully saturated rings. The standard InChI is InChI=1S/C9H19ClN2O4S/c1-15-8-9(10)2-3-11-17(13,14)12-4-6-16-7-5-12/h9,11H,2-8H2,1H3. The summed E-state index contributed by atoms with van der Waals surface area (Å²) in [6.45, 7) is 2.43. The van der Waals surface area contributed by atoms with Gasteiger partial charge in [0.2, 0.25) is 0 Å². The minimum atomic E-state index is -3.39. The number of nitrogens with zero attached hydrogens (tertiary/aromatic N) is 1. The van der Waals surface area contributed by atoms with Crippen LogP contribution >= 0.6 is 11.6 Å². The predicted octanol–water partition coefficient (Wildman–Crippen LogP) is -0.203. The smallest absolute Gasteiger partial charge is 0.279 e. The average Bonchev–Trinajstić information content (AvgIpc) is 2.30. The molecule has 0 saturated carbocycles. The summed E-state index contributed by atoms with van der Waals surface area (Å²) in [6, 6.07) is 0. The number of methoxy groups -OCH3 is 1. The highest BCUT2D eigenvalue weighted by atomic mass is 35.5. The van der Waals surface area contributed by atoms with Gasteiger partial charge in [-0.25, -0.2) is 4.72 Å². The van der Waals surface area contributed by atoms with Gasteiger partial charge < -0.3 is 9.47 Å². The second-order valence-electron chi connectivity index (χ2n) is 3.75. The van der Waals surface area contributed by atoms with Crippen molar-refractivity contribution in [1.82, 2.24) is 9.03 Å². The van der Waals surface area contributed by atoms with Crippen LogP contribution in [0.25, 0.3) is 0 Å². The fourth-order valence-electron chi connectivity index (χ4n) is 1.49. The van der Waals surface area contributed by atoms with Crippen molar-refractivity contribution in [2.45, 2.75) is 11.8 Å². The van der Waals surface area contributed by atoms with E-state index in [9.17, 15) is 8.42 Å². The third-order valence-corrected chi connectivity index (χ3v) is 4.36. The lowest BCUT2D eigenvalue weighted by Crippen LogP contribution is -2.47. The molecule has 0 aromatic rings. The first kappa shape index (κ1) is 15.1. The number of ether oxygens (including phenoxy) is 2. The molecular formula is C9H19ClN2O4S. The van der Waals surface area contributed by atoms with Gasteiger partial charge in [-0.05, 0) is 6.42 Å². The van der Waals surface area contributed by atoms with Crippen molar-refractivity contribution >= 4 is 21.8 Å². The lowest BCUT2D eigenvalue weighted by Gasteiger charge is -2.26. The quantitative estimate of drug-likeness (QED) is 0.658. The molecule has 1 heterocycles. The summed E-state index contributed by atoms with van der Waals surface area (Å²) in [7, 11) is -1.83. The molecular weight excluding hydrogens is 268 g/mol. The molecule has 0 radical (unpaired) electrons. The molecule has 1 unspecified atom stereocenters. The predicted molar refractivity (Wildman–Crippen MR) is 65.4 cm³/mol. The highest BCUT2D eigenvalue weighted by molar-refractivity contribution is 7.87. The number of nitrogens with one attached hydrogen (secondary N) is 1. The van der Waals surface area contributed by atoms with E-state index < -0.39 is 10.2 Å². The molecule has 6 nitrogen and oxygen atoms in total. The molecule has 0 amide bonds. The first-order chi connectivity index (χ1) is 8.06. The number of morpholine rings is 1. The Morgan fingerprint density at radius 2 is 2.12 bits per heavy atom. The van der Waals surface area contributed by atoms with Crippen molar-refractivity contribution in [3.63, 3.8) is 0 Å². The Bertz CT molecular complexity index is 306. The fraction of sp³-hybridized carbons (Fsp3) is 1.00. The summed E-state index contributed by atoms with van der Waals surface area (Å²) in [4.78, 5) is 0. The Labute approximate surface area is 107 Å². The van der Waals surface area contributed by atoms with Crippen LogP contribution in [-0.4, -0.2) is 64.7 Å². The zero-order valence-corrected chi connectivity index (χ0v) is 11.5. The van der Waals surface area contributed by atoms with Gasteiger partial charge in [0.25, 0.3) is 10.2 Å². The maximum Gasteiger partial charge on any atom is 0.279 e. The molecule has 1 atom stereocenters. The van der Waals surface area contributed by atoms with E-state index in [1.165, 1.54) is 4.31 Å². The summed E-state index contributed by atoms with van der Waals surface area (Å²) < 4.78 is 37.5. The van der Waals surface area contributed by atoms with E-state index in [0.29, 0.717) is 45.9 Å². The molecule has 0 spiro atoms. The summed E-state index contributed by atoms with van der Waals surface area (Å²) in [5.74, 6) is 0. The third-order valence-electron chi connectivity index (χ3n) is 2.40. The molecule has 1 rings (SSSR count). The van der Waals surface area contributed by atoms with Crippen LogP contribution in [0.15, 0.2) is 0 Å². The average molecular weight is 287 g/mol. The van der Waals surface area contributed by atoms with Crippen LogP contribution in [0.1, 0.15) is 6.42 Å². The van der Waals surface area contributed by atoms with E-state index in [2.05, 4.69) is 4.72 Å². The van der Waals surface area contributed by atoms with Crippen LogP contribution in [0.4, 0.5) is 0 Å². The first-order valence-electron chi connectivity index (χ1n) is 5.52. The molecule has 1 aliphatic rings. The topological polar surface area (TPSA) is 67.9 Å². The molecule has 8 heteroatoms. The van der Waals surface area contributed by atoms with E-state index in [4.69, 9.17) is 21.1 Å². The van der Waals surface area contributed by atoms with Gasteiger partial charge in [0.15, 0.2) is 0 Å². The van der Waals surface area contributed by atoms with Gasteiger partial charge in [-0.15, -0.1) is 11.6 Å². The summed E-state index contributed by atoms with van der Waals surface area (Å²) >= 11 is 5.90. The van der Waals surface area contributed by atoms with Crippen molar-refractivity contribution < 1.29 is 17.9 Å². The molecule has 0 aromatic carbocycles. The van der Waals surface area contributed by atoms with Crippen molar-refractivity contribution in [2.75, 3.05) is 46.6 Å². The van der Waals surface area contributed by atoms with Crippen molar-refractivity contribution in [3.05, 3.63) is 0 Å². The second kappa shape index (κ2) is 7.50. The minimum Gasteiger partial charge on any atom is -0.383 e. The minimum absolute atomic E-state index is 0.174. The van der Waals surface area contributed by atoms with Crippen molar-refractivity contribution in [3.8, 4) is 0 Å². The van der Waals surface area contributed by atoms with Crippen molar-refractivity contribution in [2.24, 2.45) is 0 Å². The normalized spacial score (nSPS) is 20.4. The van der Waals surface area contributed by atoms with Gasteiger partial charge in [0.05, 0.1) is 25.2 Å². The molecule has 17 heavy (non-hydrogen) atoms. The van der Waals surface area contributed by atoms with Crippen molar-refractivity contribution in [1.29, 1.82) is 0 Å². The largest absolute Gasteiger partial charge is 0.383 e. The SMILES string of the molecule is COCC(Cl)CCNS(=O)(=O)N1CCOCC1. The van der Waals surface area contributed by atoms with Gasteiger partial charge in [-0.2, -0.15) is 12.7 Å². The zero-order valence-electron chi connectivity index (χ0n) is 9.89. The van der Waals surface area contributed by atoms with Crippen LogP contribution in [0.5, 0.6) is 0 Å². The van der Waals surface area contributed by atoms with E-state index in [-0.39, 0.29) is 5.38 Å². The third kappa shape index (κ3) is 5.50. The van der Waals surface area contributed by atoms with Crippen LogP contribution in [0.3, 0.4) is 0 Å². The lowest BCUT2D eigenvalue weighted by atomic mass is 10.3. The van der Waals surface area contributed by atoms with E-state index in [1.54, 1.807) is 7.11 Å². The molecule has 1 N–H and O–H groups in total. The van der Waals surface area contributed by atoms with E-state index in [1.807, 2.05) is 0 Å². The van der Waals surface area contributed by atoms with E-state index in [0.717, 1.165) is 0 Å². The highest BCUT2D eigenvalue weighted by Gasteiger charge is 2.23. The number of hydrogen-bond donors (Lipinski definition) is 1. The number of rotatable bonds is 7. The lowest BCUT2D eigenvalue weighted by molar-refractivity contribution is 0.0725. The number of hydrogen-bond acceptors (Lipinski definition) is 4. The Morgan fingerprint density at radius 1 is 1.47 bits per heavy atom. The number of halogens is 1. The van der Waals surface area contributed by atoms with Gasteiger partial charge in [-0.3, -0.25) is 0 Å². The first-order valence-corrected chi connectivity index (χ1v) is 7.39. The molecule has 1 aliphatic heterocycles.